The molecular formula is C21H50N6O7. The first kappa shape index (κ1) is 39.3. The topological polar surface area (TPSA) is 219 Å². The van der Waals surface area contributed by atoms with Gasteiger partial charge in [0.15, 0.2) is 0 Å². The molecule has 0 aliphatic rings. The van der Waals surface area contributed by atoms with E-state index < -0.39 is 36.4 Å². The zero-order valence-electron chi connectivity index (χ0n) is 22.6. The minimum atomic E-state index is -2.97. The summed E-state index contributed by atoms with van der Waals surface area (Å²) in [6.45, 7) is 9.56. The highest BCUT2D eigenvalue weighted by Gasteiger charge is 2.29. The first-order valence-corrected chi connectivity index (χ1v) is 11.1. The van der Waals surface area contributed by atoms with Crippen molar-refractivity contribution in [2.45, 2.75) is 58.5 Å². The van der Waals surface area contributed by atoms with Crippen LogP contribution in [0.2, 0.25) is 0 Å². The van der Waals surface area contributed by atoms with Crippen LogP contribution in [0.5, 0.6) is 0 Å². The van der Waals surface area contributed by atoms with Gasteiger partial charge >= 0.3 is 0 Å². The van der Waals surface area contributed by atoms with E-state index in [0.717, 1.165) is 38.9 Å². The van der Waals surface area contributed by atoms with Gasteiger partial charge in [-0.1, -0.05) is 20.8 Å². The fraction of sp³-hybridized carbons (Fsp3) is 0.857. The lowest BCUT2D eigenvalue weighted by Crippen LogP contribution is -2.54. The van der Waals surface area contributed by atoms with E-state index in [1.165, 1.54) is 0 Å². The second-order valence-electron chi connectivity index (χ2n) is 9.92. The lowest BCUT2D eigenvalue weighted by atomic mass is 9.96. The Hall–Kier alpha value is -1.87. The molecule has 0 saturated carbocycles. The van der Waals surface area contributed by atoms with Gasteiger partial charge in [0.1, 0.15) is 5.60 Å². The first-order valence-electron chi connectivity index (χ1n) is 11.1. The third kappa shape index (κ3) is 37.4. The summed E-state index contributed by atoms with van der Waals surface area (Å²) in [4.78, 5) is 30.0. The summed E-state index contributed by atoms with van der Waals surface area (Å²) >= 11 is 0. The van der Waals surface area contributed by atoms with Gasteiger partial charge in [-0.3, -0.25) is 13.8 Å². The molecule has 13 heteroatoms. The van der Waals surface area contributed by atoms with E-state index in [9.17, 15) is 29.7 Å². The van der Waals surface area contributed by atoms with Gasteiger partial charge in [-0.25, -0.2) is 0 Å². The average Bonchev–Trinajstić information content (AvgIpc) is 2.51. The van der Waals surface area contributed by atoms with Gasteiger partial charge in [-0.2, -0.15) is 17.5 Å². The molecule has 0 amide bonds. The number of rotatable bonds is 11. The summed E-state index contributed by atoms with van der Waals surface area (Å²) in [5.74, 6) is 10.8. The summed E-state index contributed by atoms with van der Waals surface area (Å²) in [6.07, 6.45) is 0.753. The molecule has 0 unspecified atom stereocenters. The summed E-state index contributed by atoms with van der Waals surface area (Å²) in [7, 11) is 11.9. The number of hydrogen-bond acceptors (Lipinski definition) is 10. The second-order valence-corrected chi connectivity index (χ2v) is 9.92. The van der Waals surface area contributed by atoms with Crippen LogP contribution in [0.3, 0.4) is 0 Å². The van der Waals surface area contributed by atoms with Gasteiger partial charge in [0.05, 0.1) is 67.9 Å². The van der Waals surface area contributed by atoms with Crippen molar-refractivity contribution < 1.29 is 48.6 Å². The van der Waals surface area contributed by atoms with Gasteiger partial charge in [-0.15, -0.1) is 0 Å². The molecule has 206 valence electrons. The van der Waals surface area contributed by atoms with Crippen molar-refractivity contribution in [3.63, 3.8) is 0 Å². The van der Waals surface area contributed by atoms with Crippen molar-refractivity contribution in [3.8, 4) is 0 Å². The molecule has 0 aromatic carbocycles. The highest BCUT2D eigenvalue weighted by atomic mass is 16.4. The smallest absolute Gasteiger partial charge is 0.114 e. The van der Waals surface area contributed by atoms with Crippen LogP contribution >= 0.6 is 0 Å². The van der Waals surface area contributed by atoms with Crippen LogP contribution in [0.25, 0.3) is 0 Å². The third-order valence-electron chi connectivity index (χ3n) is 3.65. The van der Waals surface area contributed by atoms with E-state index >= 15 is 0 Å². The van der Waals surface area contributed by atoms with Crippen LogP contribution in [0.4, 0.5) is 0 Å². The Labute approximate surface area is 205 Å². The van der Waals surface area contributed by atoms with Gasteiger partial charge in [-0.05, 0) is 19.3 Å². The molecular weight excluding hydrogens is 448 g/mol. The quantitative estimate of drug-likeness (QED) is 0.122. The number of hydrogen-bond donors (Lipinski definition) is 4. The normalized spacial score (nSPS) is 11.6. The SMILES string of the molecule is CCC[N+](C)(C)N.CCC[N+](C)(C)N.CCC[N+](C)(C)N.O=C([O-])CC(O)(CC(=O)[O-])C(=O)[O-]. The highest BCUT2D eigenvalue weighted by molar-refractivity contribution is 5.86. The van der Waals surface area contributed by atoms with Crippen LogP contribution in [0.15, 0.2) is 0 Å². The molecule has 0 aromatic heterocycles. The average molecular weight is 499 g/mol. The Morgan fingerprint density at radius 1 is 0.647 bits per heavy atom. The van der Waals surface area contributed by atoms with Crippen molar-refractivity contribution in [3.05, 3.63) is 0 Å². The van der Waals surface area contributed by atoms with Crippen LogP contribution < -0.4 is 32.8 Å². The van der Waals surface area contributed by atoms with Crippen molar-refractivity contribution >= 4 is 17.9 Å². The number of carboxylic acid groups (broad SMARTS) is 3. The molecule has 0 saturated heterocycles. The minimum Gasteiger partial charge on any atom is -0.550 e. The largest absolute Gasteiger partial charge is 0.550 e. The maximum Gasteiger partial charge on any atom is 0.114 e. The molecule has 0 aliphatic heterocycles. The maximum atomic E-state index is 10.1. The zero-order valence-corrected chi connectivity index (χ0v) is 22.6. The molecule has 34 heavy (non-hydrogen) atoms. The Bertz CT molecular complexity index is 513. The number of aliphatic carboxylic acids is 3. The maximum absolute atomic E-state index is 10.1. The monoisotopic (exact) mass is 498 g/mol. The highest BCUT2D eigenvalue weighted by Crippen LogP contribution is 2.13. The third-order valence-corrected chi connectivity index (χ3v) is 3.65. The summed E-state index contributed by atoms with van der Waals surface area (Å²) in [6, 6.07) is 0. The Morgan fingerprint density at radius 3 is 0.912 bits per heavy atom. The number of carbonyl (C=O) groups is 3. The predicted octanol–water partition coefficient (Wildman–Crippen LogP) is -4.21. The lowest BCUT2D eigenvalue weighted by Gasteiger charge is -2.29. The second kappa shape index (κ2) is 18.5. The van der Waals surface area contributed by atoms with Crippen LogP contribution in [0, 0.1) is 0 Å². The van der Waals surface area contributed by atoms with Gasteiger partial charge in [0.25, 0.3) is 0 Å². The summed E-state index contributed by atoms with van der Waals surface area (Å²) < 4.78 is 1.78. The van der Waals surface area contributed by atoms with E-state index in [4.69, 9.17) is 22.6 Å². The molecule has 0 atom stereocenters. The molecule has 0 aliphatic carbocycles. The molecule has 0 rings (SSSR count). The van der Waals surface area contributed by atoms with Gasteiger partial charge in [0, 0.05) is 24.8 Å². The molecule has 0 aromatic rings. The van der Waals surface area contributed by atoms with Gasteiger partial charge in [0.2, 0.25) is 0 Å². The van der Waals surface area contributed by atoms with Crippen LogP contribution in [-0.2, 0) is 14.4 Å². The first-order chi connectivity index (χ1) is 15.0. The van der Waals surface area contributed by atoms with E-state index in [2.05, 4.69) is 20.8 Å². The van der Waals surface area contributed by atoms with E-state index in [0.29, 0.717) is 13.8 Å². The fourth-order valence-electron chi connectivity index (χ4n) is 2.41. The summed E-state index contributed by atoms with van der Waals surface area (Å²) in [5, 5.41) is 38.9. The van der Waals surface area contributed by atoms with Crippen molar-refractivity contribution in [2.24, 2.45) is 17.5 Å². The predicted molar refractivity (Wildman–Crippen MR) is 124 cm³/mol. The fourth-order valence-corrected chi connectivity index (χ4v) is 2.41. The standard InChI is InChI=1S/C6H8O7.3C5H15N2/c7-3(8)1-6(13,5(11)12)2-4(9)10;3*1-4-5-7(2,3)6/h13H,1-2H2,(H,7,8)(H,9,10)(H,11,12);3*4-6H2,1-3H3/q;3*+1/p-3. The number of nitrogens with two attached hydrogens (primary N) is 3. The Kier molecular flexibility index (Phi) is 21.4. The molecule has 7 N–H and O–H groups in total. The Morgan fingerprint density at radius 2 is 0.853 bits per heavy atom. The summed E-state index contributed by atoms with van der Waals surface area (Å²) in [5.41, 5.74) is -2.97. The van der Waals surface area contributed by atoms with E-state index in [-0.39, 0.29) is 0 Å². The molecule has 13 nitrogen and oxygen atoms in total. The molecule has 0 spiro atoms. The molecule has 0 radical (unpaired) electrons. The number of quaternary nitrogens is 3. The number of aliphatic hydroxyl groups is 1. The zero-order chi connectivity index (χ0) is 28.4. The van der Waals surface area contributed by atoms with Crippen LogP contribution in [-0.4, -0.2) is 104 Å². The molecule has 0 fully saturated rings. The molecule has 0 bridgehead atoms. The van der Waals surface area contributed by atoms with Crippen molar-refractivity contribution in [1.82, 2.24) is 0 Å². The minimum absolute atomic E-state index is 0.594. The Balaban J connectivity index is -0.000000186. The molecule has 0 heterocycles. The number of carbonyl (C=O) groups excluding carboxylic acids is 3. The van der Waals surface area contributed by atoms with Crippen molar-refractivity contribution in [1.29, 1.82) is 0 Å². The van der Waals surface area contributed by atoms with Crippen molar-refractivity contribution in [2.75, 3.05) is 61.9 Å². The van der Waals surface area contributed by atoms with E-state index in [1.54, 1.807) is 0 Å². The van der Waals surface area contributed by atoms with Crippen LogP contribution in [0.1, 0.15) is 52.9 Å². The van der Waals surface area contributed by atoms with E-state index in [1.807, 2.05) is 42.3 Å². The number of carboxylic acids is 3. The number of nitrogens with zero attached hydrogens (tertiary/aromatic N) is 3. The lowest BCUT2D eigenvalue weighted by molar-refractivity contribution is -0.902. The van der Waals surface area contributed by atoms with Gasteiger partial charge < -0.3 is 34.8 Å².